The van der Waals surface area contributed by atoms with E-state index in [4.69, 9.17) is 10.5 Å². The fourth-order valence-electron chi connectivity index (χ4n) is 1.57. The predicted octanol–water partition coefficient (Wildman–Crippen LogP) is 2.41. The molecule has 2 aromatic carbocycles. The van der Waals surface area contributed by atoms with Crippen molar-refractivity contribution in [3.63, 3.8) is 0 Å². The molecule has 21 heavy (non-hydrogen) atoms. The number of carbonyl (C=O) groups excluding carboxylic acids is 1. The molecule has 0 unspecified atom stereocenters. The number of rotatable bonds is 5. The van der Waals surface area contributed by atoms with Crippen molar-refractivity contribution < 1.29 is 13.9 Å². The molecule has 0 fully saturated rings. The summed E-state index contributed by atoms with van der Waals surface area (Å²) < 4.78 is 18.3. The van der Waals surface area contributed by atoms with E-state index >= 15 is 0 Å². The monoisotopic (exact) mass is 287 g/mol. The maximum absolute atomic E-state index is 12.8. The molecular formula is C15H14FN3O2. The number of nitrogens with one attached hydrogen (secondary N) is 1. The van der Waals surface area contributed by atoms with Crippen LogP contribution in [-0.4, -0.2) is 12.2 Å². The molecule has 0 aliphatic heterocycles. The minimum absolute atomic E-state index is 0.271. The average Bonchev–Trinajstić information content (AvgIpc) is 2.48. The summed E-state index contributed by atoms with van der Waals surface area (Å²) in [6.45, 7) is 0.358. The second kappa shape index (κ2) is 7.04. The summed E-state index contributed by atoms with van der Waals surface area (Å²) in [6, 6.07) is 12.5. The van der Waals surface area contributed by atoms with Gasteiger partial charge in [-0.25, -0.2) is 14.6 Å². The summed E-state index contributed by atoms with van der Waals surface area (Å²) in [6.07, 6.45) is 1.47. The third-order valence-corrected chi connectivity index (χ3v) is 2.59. The van der Waals surface area contributed by atoms with E-state index in [1.807, 2.05) is 0 Å². The van der Waals surface area contributed by atoms with Gasteiger partial charge in [-0.1, -0.05) is 12.1 Å². The minimum atomic E-state index is -0.717. The second-order valence-electron chi connectivity index (χ2n) is 4.22. The molecule has 2 aromatic rings. The summed E-state index contributed by atoms with van der Waals surface area (Å²) in [7, 11) is 0. The Morgan fingerprint density at radius 2 is 1.86 bits per heavy atom. The van der Waals surface area contributed by atoms with Gasteiger partial charge >= 0.3 is 6.03 Å². The first-order valence-electron chi connectivity index (χ1n) is 6.19. The van der Waals surface area contributed by atoms with Gasteiger partial charge in [0.05, 0.1) is 6.21 Å². The topological polar surface area (TPSA) is 76.7 Å². The van der Waals surface area contributed by atoms with Crippen LogP contribution >= 0.6 is 0 Å². The van der Waals surface area contributed by atoms with E-state index in [-0.39, 0.29) is 5.82 Å². The number of urea groups is 1. The van der Waals surface area contributed by atoms with Crippen LogP contribution in [0, 0.1) is 5.82 Å². The lowest BCUT2D eigenvalue weighted by Crippen LogP contribution is -2.24. The van der Waals surface area contributed by atoms with Crippen molar-refractivity contribution in [1.29, 1.82) is 0 Å². The lowest BCUT2D eigenvalue weighted by molar-refractivity contribution is 0.249. The third kappa shape index (κ3) is 4.94. The maximum atomic E-state index is 12.8. The Bertz CT molecular complexity index is 624. The van der Waals surface area contributed by atoms with Crippen molar-refractivity contribution in [3.05, 3.63) is 65.5 Å². The second-order valence-corrected chi connectivity index (χ2v) is 4.22. The zero-order valence-electron chi connectivity index (χ0n) is 11.1. The number of hydrogen-bond donors (Lipinski definition) is 2. The van der Waals surface area contributed by atoms with Gasteiger partial charge in [-0.3, -0.25) is 0 Å². The molecule has 108 valence electrons. The van der Waals surface area contributed by atoms with Crippen LogP contribution in [-0.2, 0) is 6.61 Å². The summed E-state index contributed by atoms with van der Waals surface area (Å²) >= 11 is 0. The van der Waals surface area contributed by atoms with Crippen LogP contribution in [0.4, 0.5) is 9.18 Å². The van der Waals surface area contributed by atoms with Gasteiger partial charge in [0.15, 0.2) is 0 Å². The Kier molecular flexibility index (Phi) is 4.87. The Hall–Kier alpha value is -2.89. The Morgan fingerprint density at radius 1 is 1.19 bits per heavy atom. The molecule has 0 radical (unpaired) electrons. The molecule has 5 nitrogen and oxygen atoms in total. The Labute approximate surface area is 121 Å². The maximum Gasteiger partial charge on any atom is 0.332 e. The SMILES string of the molecule is NC(=O)N/N=C\c1ccc(OCc2ccc(F)cc2)cc1. The third-order valence-electron chi connectivity index (χ3n) is 2.59. The molecule has 2 rings (SSSR count). The molecule has 0 saturated heterocycles. The van der Waals surface area contributed by atoms with Gasteiger partial charge in [0.1, 0.15) is 18.2 Å². The van der Waals surface area contributed by atoms with Crippen molar-refractivity contribution in [3.8, 4) is 5.75 Å². The molecule has 3 N–H and O–H groups in total. The highest BCUT2D eigenvalue weighted by atomic mass is 19.1. The van der Waals surface area contributed by atoms with Crippen LogP contribution in [0.25, 0.3) is 0 Å². The van der Waals surface area contributed by atoms with Crippen molar-refractivity contribution in [1.82, 2.24) is 5.43 Å². The number of nitrogens with two attached hydrogens (primary N) is 1. The Morgan fingerprint density at radius 3 is 2.48 bits per heavy atom. The molecule has 0 aliphatic rings. The van der Waals surface area contributed by atoms with Crippen LogP contribution in [0.2, 0.25) is 0 Å². The van der Waals surface area contributed by atoms with E-state index in [9.17, 15) is 9.18 Å². The largest absolute Gasteiger partial charge is 0.489 e. The molecule has 6 heteroatoms. The first kappa shape index (κ1) is 14.5. The molecule has 0 saturated carbocycles. The first-order chi connectivity index (χ1) is 10.1. The average molecular weight is 287 g/mol. The molecular weight excluding hydrogens is 273 g/mol. The van der Waals surface area contributed by atoms with E-state index in [1.165, 1.54) is 18.3 Å². The van der Waals surface area contributed by atoms with Gasteiger partial charge in [0.25, 0.3) is 0 Å². The number of primary amides is 1. The van der Waals surface area contributed by atoms with Crippen LogP contribution in [0.15, 0.2) is 53.6 Å². The number of carbonyl (C=O) groups is 1. The van der Waals surface area contributed by atoms with Crippen molar-refractivity contribution in [2.24, 2.45) is 10.8 Å². The van der Waals surface area contributed by atoms with E-state index in [0.717, 1.165) is 11.1 Å². The summed E-state index contributed by atoms with van der Waals surface area (Å²) in [4.78, 5) is 10.4. The lowest BCUT2D eigenvalue weighted by Gasteiger charge is -2.06. The Balaban J connectivity index is 1.88. The molecule has 0 aromatic heterocycles. The van der Waals surface area contributed by atoms with Gasteiger partial charge in [-0.15, -0.1) is 0 Å². The van der Waals surface area contributed by atoms with Crippen molar-refractivity contribution in [2.75, 3.05) is 0 Å². The van der Waals surface area contributed by atoms with Crippen LogP contribution in [0.5, 0.6) is 5.75 Å². The van der Waals surface area contributed by atoms with Gasteiger partial charge in [0, 0.05) is 0 Å². The van der Waals surface area contributed by atoms with E-state index in [1.54, 1.807) is 36.4 Å². The summed E-state index contributed by atoms with van der Waals surface area (Å²) in [5.74, 6) is 0.409. The highest BCUT2D eigenvalue weighted by Crippen LogP contribution is 2.13. The number of amides is 2. The zero-order valence-corrected chi connectivity index (χ0v) is 11.1. The molecule has 0 heterocycles. The smallest absolute Gasteiger partial charge is 0.332 e. The molecule has 0 aliphatic carbocycles. The van der Waals surface area contributed by atoms with Crippen LogP contribution in [0.3, 0.4) is 0 Å². The molecule has 0 bridgehead atoms. The number of nitrogens with zero attached hydrogens (tertiary/aromatic N) is 1. The number of hydrazone groups is 1. The summed E-state index contributed by atoms with van der Waals surface area (Å²) in [5, 5.41) is 3.65. The van der Waals surface area contributed by atoms with Crippen molar-refractivity contribution in [2.45, 2.75) is 6.61 Å². The van der Waals surface area contributed by atoms with Gasteiger partial charge in [-0.2, -0.15) is 5.10 Å². The number of benzene rings is 2. The number of halogens is 1. The van der Waals surface area contributed by atoms with Gasteiger partial charge < -0.3 is 10.5 Å². The molecule has 2 amide bonds. The minimum Gasteiger partial charge on any atom is -0.489 e. The van der Waals surface area contributed by atoms with E-state index < -0.39 is 6.03 Å². The summed E-state index contributed by atoms with van der Waals surface area (Å²) in [5.41, 5.74) is 8.66. The van der Waals surface area contributed by atoms with Crippen LogP contribution in [0.1, 0.15) is 11.1 Å². The molecule has 0 spiro atoms. The predicted molar refractivity (Wildman–Crippen MR) is 77.5 cm³/mol. The quantitative estimate of drug-likeness (QED) is 0.654. The zero-order chi connectivity index (χ0) is 15.1. The first-order valence-corrected chi connectivity index (χ1v) is 6.19. The standard InChI is InChI=1S/C15H14FN3O2/c16-13-5-1-12(2-6-13)10-21-14-7-3-11(4-8-14)9-18-19-15(17)20/h1-9H,10H2,(H3,17,19,20)/b18-9-. The van der Waals surface area contributed by atoms with Gasteiger partial charge in [0.2, 0.25) is 0 Å². The van der Waals surface area contributed by atoms with Crippen LogP contribution < -0.4 is 15.9 Å². The lowest BCUT2D eigenvalue weighted by atomic mass is 10.2. The van der Waals surface area contributed by atoms with E-state index in [0.29, 0.717) is 12.4 Å². The van der Waals surface area contributed by atoms with Gasteiger partial charge in [-0.05, 0) is 47.5 Å². The highest BCUT2D eigenvalue weighted by Gasteiger charge is 1.97. The van der Waals surface area contributed by atoms with E-state index in [2.05, 4.69) is 10.5 Å². The molecule has 0 atom stereocenters. The fourth-order valence-corrected chi connectivity index (χ4v) is 1.57. The highest BCUT2D eigenvalue weighted by molar-refractivity contribution is 5.81. The normalized spacial score (nSPS) is 10.5. The fraction of sp³-hybridized carbons (Fsp3) is 0.0667. The van der Waals surface area contributed by atoms with Crippen molar-refractivity contribution >= 4 is 12.2 Å². The number of ether oxygens (including phenoxy) is 1. The number of hydrogen-bond acceptors (Lipinski definition) is 3.